The minimum atomic E-state index is -0.156. The van der Waals surface area contributed by atoms with Gasteiger partial charge in [-0.3, -0.25) is 9.59 Å². The molecule has 0 saturated heterocycles. The first-order valence-corrected chi connectivity index (χ1v) is 7.24. The molecular formula is C16H20N4O2. The molecule has 0 fully saturated rings. The van der Waals surface area contributed by atoms with Gasteiger partial charge in [-0.2, -0.15) is 5.10 Å². The number of nitrogens with zero attached hydrogens (tertiary/aromatic N) is 2. The van der Waals surface area contributed by atoms with Crippen molar-refractivity contribution in [3.05, 3.63) is 41.6 Å². The summed E-state index contributed by atoms with van der Waals surface area (Å²) in [6.07, 6.45) is 0.899. The molecular weight excluding hydrogens is 280 g/mol. The summed E-state index contributed by atoms with van der Waals surface area (Å²) in [5.41, 5.74) is 2.18. The molecule has 0 atom stereocenters. The molecule has 0 spiro atoms. The molecule has 1 heterocycles. The highest BCUT2D eigenvalue weighted by molar-refractivity contribution is 5.94. The van der Waals surface area contributed by atoms with Crippen LogP contribution in [-0.4, -0.2) is 28.1 Å². The van der Waals surface area contributed by atoms with Gasteiger partial charge in [0.05, 0.1) is 11.4 Å². The van der Waals surface area contributed by atoms with Crippen LogP contribution in [0.2, 0.25) is 0 Å². The standard InChI is InChI=1S/C16H20N4O2/c1-4-9-17-16(22)13-5-7-14(8-6-13)20-15(18-12(3)21)10-11(2)19-20/h5-8,10H,4,9H2,1-3H3,(H,17,22)(H,18,21). The van der Waals surface area contributed by atoms with Crippen LogP contribution in [0.4, 0.5) is 5.82 Å². The molecule has 22 heavy (non-hydrogen) atoms. The lowest BCUT2D eigenvalue weighted by molar-refractivity contribution is -0.114. The third-order valence-electron chi connectivity index (χ3n) is 3.05. The van der Waals surface area contributed by atoms with Crippen molar-refractivity contribution >= 4 is 17.6 Å². The highest BCUT2D eigenvalue weighted by atomic mass is 16.2. The van der Waals surface area contributed by atoms with E-state index in [-0.39, 0.29) is 11.8 Å². The SMILES string of the molecule is CCCNC(=O)c1ccc(-n2nc(C)cc2NC(C)=O)cc1. The smallest absolute Gasteiger partial charge is 0.251 e. The molecule has 0 aliphatic heterocycles. The first kappa shape index (κ1) is 15.8. The summed E-state index contributed by atoms with van der Waals surface area (Å²) in [5.74, 6) is 0.358. The molecule has 2 N–H and O–H groups in total. The van der Waals surface area contributed by atoms with Crippen molar-refractivity contribution in [1.29, 1.82) is 0 Å². The maximum Gasteiger partial charge on any atom is 0.251 e. The van der Waals surface area contributed by atoms with E-state index in [1.165, 1.54) is 6.92 Å². The maximum atomic E-state index is 11.9. The summed E-state index contributed by atoms with van der Waals surface area (Å²) < 4.78 is 1.64. The van der Waals surface area contributed by atoms with E-state index in [2.05, 4.69) is 15.7 Å². The van der Waals surface area contributed by atoms with Crippen molar-refractivity contribution in [3.63, 3.8) is 0 Å². The van der Waals surface area contributed by atoms with Crippen LogP contribution < -0.4 is 10.6 Å². The number of aromatic nitrogens is 2. The Bertz CT molecular complexity index is 674. The third kappa shape index (κ3) is 3.72. The van der Waals surface area contributed by atoms with Gasteiger partial charge in [-0.05, 0) is 37.6 Å². The number of carbonyl (C=O) groups is 2. The molecule has 6 nitrogen and oxygen atoms in total. The lowest BCUT2D eigenvalue weighted by Gasteiger charge is -2.09. The molecule has 6 heteroatoms. The van der Waals surface area contributed by atoms with Gasteiger partial charge < -0.3 is 10.6 Å². The van der Waals surface area contributed by atoms with E-state index < -0.39 is 0 Å². The Morgan fingerprint density at radius 2 is 1.91 bits per heavy atom. The normalized spacial score (nSPS) is 10.3. The number of carbonyl (C=O) groups excluding carboxylic acids is 2. The van der Waals surface area contributed by atoms with Gasteiger partial charge in [-0.1, -0.05) is 6.92 Å². The number of nitrogens with one attached hydrogen (secondary N) is 2. The number of amides is 2. The van der Waals surface area contributed by atoms with Crippen LogP contribution in [0.15, 0.2) is 30.3 Å². The molecule has 1 aromatic carbocycles. The molecule has 0 unspecified atom stereocenters. The zero-order chi connectivity index (χ0) is 16.1. The summed E-state index contributed by atoms with van der Waals surface area (Å²) in [6, 6.07) is 8.89. The number of anilines is 1. The van der Waals surface area contributed by atoms with Gasteiger partial charge in [0, 0.05) is 25.1 Å². The molecule has 116 valence electrons. The maximum absolute atomic E-state index is 11.9. The fourth-order valence-corrected chi connectivity index (χ4v) is 2.06. The Kier molecular flexibility index (Phi) is 4.93. The molecule has 0 aliphatic carbocycles. The highest BCUT2D eigenvalue weighted by Crippen LogP contribution is 2.17. The molecule has 0 radical (unpaired) electrons. The van der Waals surface area contributed by atoms with E-state index in [0.29, 0.717) is 17.9 Å². The summed E-state index contributed by atoms with van der Waals surface area (Å²) in [7, 11) is 0. The van der Waals surface area contributed by atoms with E-state index in [1.807, 2.05) is 13.8 Å². The molecule has 2 aromatic rings. The highest BCUT2D eigenvalue weighted by Gasteiger charge is 2.10. The Morgan fingerprint density at radius 3 is 2.50 bits per heavy atom. The van der Waals surface area contributed by atoms with Crippen LogP contribution in [0.1, 0.15) is 36.3 Å². The zero-order valence-corrected chi connectivity index (χ0v) is 13.0. The van der Waals surface area contributed by atoms with Crippen molar-refractivity contribution in [2.75, 3.05) is 11.9 Å². The Hall–Kier alpha value is -2.63. The quantitative estimate of drug-likeness (QED) is 0.889. The van der Waals surface area contributed by atoms with Crippen molar-refractivity contribution in [1.82, 2.24) is 15.1 Å². The van der Waals surface area contributed by atoms with E-state index >= 15 is 0 Å². The molecule has 0 bridgehead atoms. The fourth-order valence-electron chi connectivity index (χ4n) is 2.06. The van der Waals surface area contributed by atoms with Crippen molar-refractivity contribution in [3.8, 4) is 5.69 Å². The van der Waals surface area contributed by atoms with E-state index in [4.69, 9.17) is 0 Å². The van der Waals surface area contributed by atoms with Gasteiger partial charge in [-0.25, -0.2) is 4.68 Å². The van der Waals surface area contributed by atoms with Gasteiger partial charge in [-0.15, -0.1) is 0 Å². The molecule has 2 amide bonds. The molecule has 0 aliphatic rings. The summed E-state index contributed by atoms with van der Waals surface area (Å²) in [6.45, 7) is 5.97. The Labute approximate surface area is 129 Å². The average molecular weight is 300 g/mol. The minimum Gasteiger partial charge on any atom is -0.352 e. The van der Waals surface area contributed by atoms with Crippen molar-refractivity contribution in [2.45, 2.75) is 27.2 Å². The molecule has 1 aromatic heterocycles. The van der Waals surface area contributed by atoms with Gasteiger partial charge >= 0.3 is 0 Å². The second kappa shape index (κ2) is 6.89. The van der Waals surface area contributed by atoms with Crippen molar-refractivity contribution < 1.29 is 9.59 Å². The van der Waals surface area contributed by atoms with E-state index in [0.717, 1.165) is 17.8 Å². The van der Waals surface area contributed by atoms with E-state index in [1.54, 1.807) is 35.0 Å². The van der Waals surface area contributed by atoms with Crippen LogP contribution in [-0.2, 0) is 4.79 Å². The van der Waals surface area contributed by atoms with Crippen LogP contribution >= 0.6 is 0 Å². The number of benzene rings is 1. The predicted molar refractivity (Wildman–Crippen MR) is 85.2 cm³/mol. The lowest BCUT2D eigenvalue weighted by atomic mass is 10.2. The van der Waals surface area contributed by atoms with Gasteiger partial charge in [0.15, 0.2) is 0 Å². The summed E-state index contributed by atoms with van der Waals surface area (Å²) >= 11 is 0. The number of hydrogen-bond acceptors (Lipinski definition) is 3. The van der Waals surface area contributed by atoms with Crippen LogP contribution in [0.3, 0.4) is 0 Å². The van der Waals surface area contributed by atoms with Gasteiger partial charge in [0.1, 0.15) is 5.82 Å². The second-order valence-corrected chi connectivity index (χ2v) is 5.07. The largest absolute Gasteiger partial charge is 0.352 e. The predicted octanol–water partition coefficient (Wildman–Crippen LogP) is 2.28. The molecule has 2 rings (SSSR count). The van der Waals surface area contributed by atoms with E-state index in [9.17, 15) is 9.59 Å². The topological polar surface area (TPSA) is 76.0 Å². The fraction of sp³-hybridized carbons (Fsp3) is 0.312. The average Bonchev–Trinajstić information content (AvgIpc) is 2.84. The lowest BCUT2D eigenvalue weighted by Crippen LogP contribution is -2.23. The van der Waals surface area contributed by atoms with Gasteiger partial charge in [0.2, 0.25) is 5.91 Å². The van der Waals surface area contributed by atoms with Gasteiger partial charge in [0.25, 0.3) is 5.91 Å². The summed E-state index contributed by atoms with van der Waals surface area (Å²) in [4.78, 5) is 23.1. The second-order valence-electron chi connectivity index (χ2n) is 5.07. The molecule has 0 saturated carbocycles. The Balaban J connectivity index is 2.23. The van der Waals surface area contributed by atoms with Crippen molar-refractivity contribution in [2.24, 2.45) is 0 Å². The minimum absolute atomic E-state index is 0.0906. The monoisotopic (exact) mass is 300 g/mol. The zero-order valence-electron chi connectivity index (χ0n) is 13.0. The number of rotatable bonds is 5. The number of aryl methyl sites for hydroxylation is 1. The van der Waals surface area contributed by atoms with Crippen LogP contribution in [0.5, 0.6) is 0 Å². The first-order valence-electron chi connectivity index (χ1n) is 7.24. The number of hydrogen-bond donors (Lipinski definition) is 2. The third-order valence-corrected chi connectivity index (χ3v) is 3.05. The summed E-state index contributed by atoms with van der Waals surface area (Å²) in [5, 5.41) is 9.93. The van der Waals surface area contributed by atoms with Crippen LogP contribution in [0.25, 0.3) is 5.69 Å². The first-order chi connectivity index (χ1) is 10.5. The Morgan fingerprint density at radius 1 is 1.23 bits per heavy atom. The van der Waals surface area contributed by atoms with Crippen LogP contribution in [0, 0.1) is 6.92 Å².